The molecule has 0 spiro atoms. The number of nitrogens with zero attached hydrogens (tertiary/aromatic N) is 1. The standard InChI is InChI=1S/C10H12BrF3N2O3S/c11-7-3-6(15)4-8(10(7)14)20(18,19)16(1-2-17)5-9(12)13/h3-4,9,17H,1-2,5,15H2. The van der Waals surface area contributed by atoms with Crippen LogP contribution in [0.15, 0.2) is 21.5 Å². The first kappa shape index (κ1) is 17.2. The SMILES string of the molecule is Nc1cc(Br)c(F)c(S(=O)(=O)N(CCO)CC(F)F)c1. The van der Waals surface area contributed by atoms with Gasteiger partial charge in [0.05, 0.1) is 17.6 Å². The molecule has 0 bridgehead atoms. The zero-order valence-corrected chi connectivity index (χ0v) is 12.5. The number of hydrogen-bond acceptors (Lipinski definition) is 4. The maximum atomic E-state index is 13.9. The van der Waals surface area contributed by atoms with E-state index in [9.17, 15) is 21.6 Å². The Balaban J connectivity index is 3.33. The van der Waals surface area contributed by atoms with Crippen LogP contribution in [0.5, 0.6) is 0 Å². The second-order valence-corrected chi connectivity index (χ2v) is 6.55. The summed E-state index contributed by atoms with van der Waals surface area (Å²) < 4.78 is 63.1. The summed E-state index contributed by atoms with van der Waals surface area (Å²) in [6, 6.07) is 1.99. The predicted molar refractivity (Wildman–Crippen MR) is 70.4 cm³/mol. The number of hydrogen-bond donors (Lipinski definition) is 2. The Morgan fingerprint density at radius 3 is 2.50 bits per heavy atom. The summed E-state index contributed by atoms with van der Waals surface area (Å²) in [5.41, 5.74) is 5.38. The van der Waals surface area contributed by atoms with Crippen molar-refractivity contribution in [2.75, 3.05) is 25.4 Å². The highest BCUT2D eigenvalue weighted by atomic mass is 79.9. The quantitative estimate of drug-likeness (QED) is 0.735. The Bertz CT molecular complexity index is 583. The van der Waals surface area contributed by atoms with Crippen molar-refractivity contribution in [2.24, 2.45) is 0 Å². The molecule has 0 aliphatic rings. The van der Waals surface area contributed by atoms with Crippen LogP contribution in [0, 0.1) is 5.82 Å². The number of sulfonamides is 1. The fourth-order valence-electron chi connectivity index (χ4n) is 1.49. The highest BCUT2D eigenvalue weighted by Gasteiger charge is 2.30. The molecule has 1 rings (SSSR count). The zero-order chi connectivity index (χ0) is 15.5. The highest BCUT2D eigenvalue weighted by molar-refractivity contribution is 9.10. The molecule has 0 aliphatic carbocycles. The summed E-state index contributed by atoms with van der Waals surface area (Å²) >= 11 is 2.79. The maximum absolute atomic E-state index is 13.9. The molecule has 20 heavy (non-hydrogen) atoms. The number of benzene rings is 1. The van der Waals surface area contributed by atoms with E-state index >= 15 is 0 Å². The van der Waals surface area contributed by atoms with Gasteiger partial charge in [0.2, 0.25) is 10.0 Å². The topological polar surface area (TPSA) is 83.6 Å². The van der Waals surface area contributed by atoms with Gasteiger partial charge in [-0.1, -0.05) is 0 Å². The minimum Gasteiger partial charge on any atom is -0.399 e. The average molecular weight is 377 g/mol. The van der Waals surface area contributed by atoms with E-state index in [1.54, 1.807) is 0 Å². The molecule has 0 heterocycles. The van der Waals surface area contributed by atoms with Crippen molar-refractivity contribution in [3.8, 4) is 0 Å². The van der Waals surface area contributed by atoms with Crippen molar-refractivity contribution in [3.63, 3.8) is 0 Å². The minimum absolute atomic E-state index is 0.0437. The van der Waals surface area contributed by atoms with Crippen LogP contribution >= 0.6 is 15.9 Å². The van der Waals surface area contributed by atoms with Gasteiger partial charge in [0.15, 0.2) is 5.82 Å². The van der Waals surface area contributed by atoms with E-state index in [0.29, 0.717) is 4.31 Å². The fraction of sp³-hybridized carbons (Fsp3) is 0.400. The molecule has 0 fully saturated rings. The van der Waals surface area contributed by atoms with Crippen molar-refractivity contribution < 1.29 is 26.7 Å². The van der Waals surface area contributed by atoms with Crippen LogP contribution in [0.25, 0.3) is 0 Å². The van der Waals surface area contributed by atoms with Gasteiger partial charge in [-0.15, -0.1) is 0 Å². The first-order valence-corrected chi connectivity index (χ1v) is 7.57. The number of aliphatic hydroxyl groups excluding tert-OH is 1. The van der Waals surface area contributed by atoms with E-state index < -0.39 is 46.9 Å². The second kappa shape index (κ2) is 6.74. The van der Waals surface area contributed by atoms with E-state index in [-0.39, 0.29) is 10.2 Å². The monoisotopic (exact) mass is 376 g/mol. The second-order valence-electron chi connectivity index (χ2n) is 3.79. The summed E-state index contributed by atoms with van der Waals surface area (Å²) in [6.45, 7) is -2.38. The minimum atomic E-state index is -4.53. The van der Waals surface area contributed by atoms with Gasteiger partial charge >= 0.3 is 0 Å². The van der Waals surface area contributed by atoms with E-state index in [0.717, 1.165) is 12.1 Å². The van der Waals surface area contributed by atoms with Crippen LogP contribution in [0.2, 0.25) is 0 Å². The van der Waals surface area contributed by atoms with Gasteiger partial charge in [-0.05, 0) is 28.1 Å². The molecular weight excluding hydrogens is 365 g/mol. The number of anilines is 1. The molecule has 114 valence electrons. The lowest BCUT2D eigenvalue weighted by atomic mass is 10.3. The molecular formula is C10H12BrF3N2O3S. The Hall–Kier alpha value is -0.840. The largest absolute Gasteiger partial charge is 0.399 e. The molecule has 1 aromatic rings. The van der Waals surface area contributed by atoms with Crippen LogP contribution in [-0.4, -0.2) is 44.0 Å². The third-order valence-electron chi connectivity index (χ3n) is 2.33. The van der Waals surface area contributed by atoms with Crippen molar-refractivity contribution >= 4 is 31.6 Å². The number of rotatable bonds is 6. The maximum Gasteiger partial charge on any atom is 0.252 e. The van der Waals surface area contributed by atoms with Crippen LogP contribution < -0.4 is 5.73 Å². The Morgan fingerprint density at radius 1 is 1.40 bits per heavy atom. The van der Waals surface area contributed by atoms with Gasteiger partial charge in [0, 0.05) is 12.2 Å². The van der Waals surface area contributed by atoms with E-state index in [2.05, 4.69) is 15.9 Å². The van der Waals surface area contributed by atoms with Crippen molar-refractivity contribution in [1.82, 2.24) is 4.31 Å². The van der Waals surface area contributed by atoms with E-state index in [1.807, 2.05) is 0 Å². The van der Waals surface area contributed by atoms with Crippen molar-refractivity contribution in [1.29, 1.82) is 0 Å². The number of nitrogen functional groups attached to an aromatic ring is 1. The lowest BCUT2D eigenvalue weighted by Crippen LogP contribution is -2.37. The van der Waals surface area contributed by atoms with Gasteiger partial charge in [-0.25, -0.2) is 21.6 Å². The van der Waals surface area contributed by atoms with E-state index in [4.69, 9.17) is 10.8 Å². The smallest absolute Gasteiger partial charge is 0.252 e. The first-order valence-electron chi connectivity index (χ1n) is 5.33. The number of aliphatic hydroxyl groups is 1. The summed E-state index contributed by atoms with van der Waals surface area (Å²) in [6.07, 6.45) is -2.95. The number of halogens is 4. The van der Waals surface area contributed by atoms with Crippen molar-refractivity contribution in [3.05, 3.63) is 22.4 Å². The molecule has 0 atom stereocenters. The predicted octanol–water partition coefficient (Wildman–Crippen LogP) is 1.42. The van der Waals surface area contributed by atoms with Gasteiger partial charge in [-0.3, -0.25) is 0 Å². The van der Waals surface area contributed by atoms with Gasteiger partial charge in [-0.2, -0.15) is 4.31 Å². The molecule has 0 saturated carbocycles. The van der Waals surface area contributed by atoms with Crippen LogP contribution in [0.1, 0.15) is 0 Å². The van der Waals surface area contributed by atoms with Crippen LogP contribution in [-0.2, 0) is 10.0 Å². The summed E-state index contributed by atoms with van der Waals surface area (Å²) in [5, 5.41) is 8.76. The molecule has 3 N–H and O–H groups in total. The summed E-state index contributed by atoms with van der Waals surface area (Å²) in [7, 11) is -4.53. The van der Waals surface area contributed by atoms with Crippen LogP contribution in [0.3, 0.4) is 0 Å². The number of nitrogens with two attached hydrogens (primary N) is 1. The molecule has 10 heteroatoms. The third-order valence-corrected chi connectivity index (χ3v) is 4.77. The molecule has 0 aliphatic heterocycles. The first-order chi connectivity index (χ1) is 9.20. The lowest BCUT2D eigenvalue weighted by molar-refractivity contribution is 0.113. The Labute approximate surface area is 122 Å². The molecule has 5 nitrogen and oxygen atoms in total. The zero-order valence-electron chi connectivity index (χ0n) is 10.1. The van der Waals surface area contributed by atoms with Gasteiger partial charge in [0.25, 0.3) is 6.43 Å². The van der Waals surface area contributed by atoms with Crippen molar-refractivity contribution in [2.45, 2.75) is 11.3 Å². The van der Waals surface area contributed by atoms with Gasteiger partial charge < -0.3 is 10.8 Å². The van der Waals surface area contributed by atoms with Gasteiger partial charge in [0.1, 0.15) is 4.90 Å². The summed E-state index contributed by atoms with van der Waals surface area (Å²) in [4.78, 5) is -0.821. The fourth-order valence-corrected chi connectivity index (χ4v) is 3.63. The molecule has 0 amide bonds. The normalized spacial score (nSPS) is 12.3. The molecule has 0 aromatic heterocycles. The lowest BCUT2D eigenvalue weighted by Gasteiger charge is -2.21. The molecule has 0 unspecified atom stereocenters. The molecule has 0 saturated heterocycles. The molecule has 1 aromatic carbocycles. The van der Waals surface area contributed by atoms with E-state index in [1.165, 1.54) is 0 Å². The molecule has 0 radical (unpaired) electrons. The highest BCUT2D eigenvalue weighted by Crippen LogP contribution is 2.28. The average Bonchev–Trinajstić information content (AvgIpc) is 2.32. The Kier molecular flexibility index (Phi) is 5.80. The third kappa shape index (κ3) is 3.84. The number of alkyl halides is 2. The Morgan fingerprint density at radius 2 is 2.00 bits per heavy atom. The summed E-state index contributed by atoms with van der Waals surface area (Å²) in [5.74, 6) is -1.13. The van der Waals surface area contributed by atoms with Crippen LogP contribution in [0.4, 0.5) is 18.9 Å².